The van der Waals surface area contributed by atoms with Gasteiger partial charge in [0.15, 0.2) is 0 Å². The predicted molar refractivity (Wildman–Crippen MR) is 212 cm³/mol. The second-order valence-corrected chi connectivity index (χ2v) is 13.9. The van der Waals surface area contributed by atoms with Crippen LogP contribution in [-0.2, 0) is 12.0 Å². The van der Waals surface area contributed by atoms with Gasteiger partial charge in [-0.1, -0.05) is 185 Å². The molecule has 1 heterocycles. The topological polar surface area (TPSA) is 21.9 Å². The van der Waals surface area contributed by atoms with Crippen molar-refractivity contribution in [3.05, 3.63) is 203 Å². The number of fused-ring (bicyclic) bond motifs is 1. The Hall–Kier alpha value is -4.72. The first-order valence-corrected chi connectivity index (χ1v) is 18.1. The Bertz CT molecular complexity index is 1900. The number of nitrogens with one attached hydrogen (secondary N) is 1. The van der Waals surface area contributed by atoms with E-state index >= 15 is 0 Å². The van der Waals surface area contributed by atoms with Crippen LogP contribution in [0.3, 0.4) is 0 Å². The first kappa shape index (κ1) is 34.2. The summed E-state index contributed by atoms with van der Waals surface area (Å²) in [5.74, 6) is 0.895. The van der Waals surface area contributed by atoms with E-state index in [-0.39, 0.29) is 5.54 Å². The third-order valence-electron chi connectivity index (χ3n) is 10.3. The molecule has 4 aromatic carbocycles. The third kappa shape index (κ3) is 7.64. The summed E-state index contributed by atoms with van der Waals surface area (Å²) in [6.45, 7) is 13.3. The number of allylic oxidation sites excluding steroid dienone is 10. The van der Waals surface area contributed by atoms with Crippen molar-refractivity contribution in [3.8, 4) is 0 Å². The van der Waals surface area contributed by atoms with Crippen LogP contribution in [0.1, 0.15) is 92.2 Å². The van der Waals surface area contributed by atoms with Crippen molar-refractivity contribution in [2.75, 3.05) is 0 Å². The molecule has 6 rings (SSSR count). The Balaban J connectivity index is 1.26. The van der Waals surface area contributed by atoms with E-state index in [1.165, 1.54) is 55.7 Å². The van der Waals surface area contributed by atoms with Gasteiger partial charge in [-0.2, -0.15) is 0 Å². The van der Waals surface area contributed by atoms with Gasteiger partial charge in [0.2, 0.25) is 0 Å². The molecule has 0 amide bonds. The molecule has 4 aromatic rings. The SMILES string of the molecule is C=C/C(=C\C=C(\C)Cc1ccccc1C(C)C)C1=CCC(C2NC2(C/C=C\C(=C/CC)c2ccccc2)c2ccccc2)c2ccccc21. The summed E-state index contributed by atoms with van der Waals surface area (Å²) >= 11 is 0. The minimum absolute atomic E-state index is 0.0991. The van der Waals surface area contributed by atoms with Crippen molar-refractivity contribution in [1.29, 1.82) is 0 Å². The van der Waals surface area contributed by atoms with Crippen LogP contribution in [0.5, 0.6) is 0 Å². The van der Waals surface area contributed by atoms with E-state index in [1.54, 1.807) is 0 Å². The summed E-state index contributed by atoms with van der Waals surface area (Å²) in [4.78, 5) is 0. The van der Waals surface area contributed by atoms with Gasteiger partial charge in [0.1, 0.15) is 0 Å². The zero-order valence-corrected chi connectivity index (χ0v) is 29.7. The van der Waals surface area contributed by atoms with Crippen LogP contribution >= 0.6 is 0 Å². The van der Waals surface area contributed by atoms with Gasteiger partial charge in [-0.05, 0) is 88.6 Å². The van der Waals surface area contributed by atoms with Crippen molar-refractivity contribution < 1.29 is 0 Å². The third-order valence-corrected chi connectivity index (χ3v) is 10.3. The van der Waals surface area contributed by atoms with Crippen LogP contribution in [0.2, 0.25) is 0 Å². The van der Waals surface area contributed by atoms with E-state index in [4.69, 9.17) is 0 Å². The summed E-state index contributed by atoms with van der Waals surface area (Å²) in [5, 5.41) is 4.04. The second-order valence-electron chi connectivity index (χ2n) is 13.9. The fourth-order valence-corrected chi connectivity index (χ4v) is 7.74. The summed E-state index contributed by atoms with van der Waals surface area (Å²) in [6, 6.07) is 40.0. The van der Waals surface area contributed by atoms with E-state index < -0.39 is 0 Å². The van der Waals surface area contributed by atoms with Crippen LogP contribution in [0.25, 0.3) is 11.1 Å². The average molecular weight is 642 g/mol. The molecule has 1 aliphatic heterocycles. The smallest absolute Gasteiger partial charge is 0.0634 e. The number of rotatable bonds is 13. The maximum Gasteiger partial charge on any atom is 0.0634 e. The first-order valence-electron chi connectivity index (χ1n) is 18.1. The molecule has 0 radical (unpaired) electrons. The van der Waals surface area contributed by atoms with Gasteiger partial charge < -0.3 is 5.32 Å². The van der Waals surface area contributed by atoms with Gasteiger partial charge in [-0.15, -0.1) is 0 Å². The Morgan fingerprint density at radius 2 is 1.55 bits per heavy atom. The second kappa shape index (κ2) is 15.7. The molecule has 3 atom stereocenters. The first-order chi connectivity index (χ1) is 23.9. The van der Waals surface area contributed by atoms with Gasteiger partial charge in [-0.25, -0.2) is 0 Å². The molecule has 1 N–H and O–H groups in total. The largest absolute Gasteiger partial charge is 0.300 e. The number of hydrogen-bond acceptors (Lipinski definition) is 1. The van der Waals surface area contributed by atoms with Gasteiger partial charge in [0.25, 0.3) is 0 Å². The fourth-order valence-electron chi connectivity index (χ4n) is 7.74. The predicted octanol–water partition coefficient (Wildman–Crippen LogP) is 12.3. The zero-order valence-electron chi connectivity index (χ0n) is 29.7. The maximum absolute atomic E-state index is 4.26. The van der Waals surface area contributed by atoms with Crippen molar-refractivity contribution in [3.63, 3.8) is 0 Å². The molecule has 3 unspecified atom stereocenters. The molecule has 2 aliphatic rings. The van der Waals surface area contributed by atoms with Crippen LogP contribution in [-0.4, -0.2) is 6.04 Å². The van der Waals surface area contributed by atoms with Crippen molar-refractivity contribution in [2.24, 2.45) is 0 Å². The normalized spacial score (nSPS) is 21.1. The highest BCUT2D eigenvalue weighted by Crippen LogP contribution is 2.52. The highest BCUT2D eigenvalue weighted by atomic mass is 15.2. The molecule has 248 valence electrons. The quantitative estimate of drug-likeness (QED) is 0.114. The summed E-state index contributed by atoms with van der Waals surface area (Å²) in [5.41, 5.74) is 13.2. The Kier molecular flexibility index (Phi) is 10.9. The minimum atomic E-state index is -0.0991. The number of hydrogen-bond donors (Lipinski definition) is 1. The van der Waals surface area contributed by atoms with E-state index in [0.717, 1.165) is 25.7 Å². The maximum atomic E-state index is 4.26. The van der Waals surface area contributed by atoms with E-state index in [0.29, 0.717) is 17.9 Å². The molecule has 0 saturated carbocycles. The van der Waals surface area contributed by atoms with Crippen LogP contribution in [0.15, 0.2) is 169 Å². The molecular formula is C48H51N. The van der Waals surface area contributed by atoms with E-state index in [1.807, 2.05) is 6.08 Å². The Morgan fingerprint density at radius 1 is 0.857 bits per heavy atom. The van der Waals surface area contributed by atoms with Crippen molar-refractivity contribution in [1.82, 2.24) is 5.32 Å². The lowest BCUT2D eigenvalue weighted by Gasteiger charge is -2.28. The molecule has 0 aromatic heterocycles. The lowest BCUT2D eigenvalue weighted by molar-refractivity contribution is 0.580. The molecule has 1 heteroatoms. The van der Waals surface area contributed by atoms with Crippen LogP contribution < -0.4 is 5.32 Å². The van der Waals surface area contributed by atoms with Gasteiger partial charge in [-0.3, -0.25) is 0 Å². The van der Waals surface area contributed by atoms with Gasteiger partial charge in [0.05, 0.1) is 5.54 Å². The molecule has 49 heavy (non-hydrogen) atoms. The van der Waals surface area contributed by atoms with Gasteiger partial charge in [0, 0.05) is 12.0 Å². The highest BCUT2D eigenvalue weighted by Gasteiger charge is 2.57. The standard InChI is InChI=1S/C48H51N/c1-6-19-38(39-20-10-8-11-21-39)23-18-33-48(41-24-12-9-13-25-41)47(49-48)46-32-31-43(44-27-16-17-28-45(44)46)37(7-2)30-29-36(5)34-40-22-14-15-26-42(40)35(3)4/h7-31,35,46-47,49H,2,6,32-34H2,1,3-5H3/b23-18-,36-29-,37-30+,38-19+. The van der Waals surface area contributed by atoms with E-state index in [2.05, 4.69) is 185 Å². The Morgan fingerprint density at radius 3 is 2.29 bits per heavy atom. The number of benzene rings is 4. The minimum Gasteiger partial charge on any atom is -0.300 e. The van der Waals surface area contributed by atoms with Crippen LogP contribution in [0, 0.1) is 0 Å². The van der Waals surface area contributed by atoms with Crippen LogP contribution in [0.4, 0.5) is 0 Å². The molecule has 1 nitrogen and oxygen atoms in total. The molecule has 0 bridgehead atoms. The fraction of sp³-hybridized carbons (Fsp3) is 0.250. The molecular weight excluding hydrogens is 591 g/mol. The molecule has 1 fully saturated rings. The summed E-state index contributed by atoms with van der Waals surface area (Å²) in [6.07, 6.45) is 20.0. The molecule has 1 aliphatic carbocycles. The monoisotopic (exact) mass is 641 g/mol. The summed E-state index contributed by atoms with van der Waals surface area (Å²) < 4.78 is 0. The molecule has 0 spiro atoms. The highest BCUT2D eigenvalue weighted by molar-refractivity contribution is 5.85. The Labute approximate surface area is 295 Å². The summed E-state index contributed by atoms with van der Waals surface area (Å²) in [7, 11) is 0. The zero-order chi connectivity index (χ0) is 34.2. The van der Waals surface area contributed by atoms with Crippen molar-refractivity contribution in [2.45, 2.75) is 76.8 Å². The lowest BCUT2D eigenvalue weighted by atomic mass is 9.75. The molecule has 1 saturated heterocycles. The van der Waals surface area contributed by atoms with Crippen molar-refractivity contribution >= 4 is 11.1 Å². The average Bonchev–Trinajstić information content (AvgIpc) is 3.87. The lowest BCUT2D eigenvalue weighted by Crippen LogP contribution is -2.20. The van der Waals surface area contributed by atoms with E-state index in [9.17, 15) is 0 Å². The van der Waals surface area contributed by atoms with Gasteiger partial charge >= 0.3 is 0 Å².